The first-order valence-corrected chi connectivity index (χ1v) is 9.62. The van der Waals surface area contributed by atoms with Crippen molar-refractivity contribution in [3.05, 3.63) is 58.7 Å². The summed E-state index contributed by atoms with van der Waals surface area (Å²) in [6.07, 6.45) is 0. The van der Waals surface area contributed by atoms with Crippen LogP contribution in [0.1, 0.15) is 22.3 Å². The van der Waals surface area contributed by atoms with Gasteiger partial charge in [0.2, 0.25) is 11.8 Å². The lowest BCUT2D eigenvalue weighted by Gasteiger charge is -2.22. The molecule has 2 aromatic rings. The SMILES string of the molecule is COc1c(C)cc(CN(C)CC(=O)N(C)CC(=O)Nc2ccc(C)cc2)cc1C. The van der Waals surface area contributed by atoms with Crippen molar-refractivity contribution < 1.29 is 14.3 Å². The smallest absolute Gasteiger partial charge is 0.243 e. The second-order valence-corrected chi connectivity index (χ2v) is 7.60. The highest BCUT2D eigenvalue weighted by Gasteiger charge is 2.16. The fraction of sp³-hybridized carbons (Fsp3) is 0.391. The average molecular weight is 398 g/mol. The molecular weight excluding hydrogens is 366 g/mol. The maximum atomic E-state index is 12.5. The van der Waals surface area contributed by atoms with Gasteiger partial charge in [0, 0.05) is 19.3 Å². The minimum Gasteiger partial charge on any atom is -0.496 e. The summed E-state index contributed by atoms with van der Waals surface area (Å²) in [4.78, 5) is 28.1. The highest BCUT2D eigenvalue weighted by molar-refractivity contribution is 5.94. The van der Waals surface area contributed by atoms with Gasteiger partial charge in [-0.2, -0.15) is 0 Å². The van der Waals surface area contributed by atoms with E-state index >= 15 is 0 Å². The number of benzene rings is 2. The summed E-state index contributed by atoms with van der Waals surface area (Å²) in [6, 6.07) is 11.7. The molecule has 0 unspecified atom stereocenters. The van der Waals surface area contributed by atoms with E-state index in [1.54, 1.807) is 14.2 Å². The summed E-state index contributed by atoms with van der Waals surface area (Å²) in [5.74, 6) is 0.578. The largest absolute Gasteiger partial charge is 0.496 e. The van der Waals surface area contributed by atoms with Crippen molar-refractivity contribution in [2.45, 2.75) is 27.3 Å². The number of methoxy groups -OCH3 is 1. The zero-order valence-corrected chi connectivity index (χ0v) is 18.2. The van der Waals surface area contributed by atoms with Crippen molar-refractivity contribution in [2.24, 2.45) is 0 Å². The van der Waals surface area contributed by atoms with E-state index in [-0.39, 0.29) is 24.9 Å². The van der Waals surface area contributed by atoms with Crippen molar-refractivity contribution in [3.8, 4) is 5.75 Å². The van der Waals surface area contributed by atoms with E-state index in [1.807, 2.05) is 57.0 Å². The Kier molecular flexibility index (Phi) is 7.79. The van der Waals surface area contributed by atoms with Crippen molar-refractivity contribution in [1.82, 2.24) is 9.80 Å². The molecule has 0 radical (unpaired) electrons. The predicted octanol–water partition coefficient (Wildman–Crippen LogP) is 3.15. The van der Waals surface area contributed by atoms with Crippen LogP contribution in [0.2, 0.25) is 0 Å². The number of carbonyl (C=O) groups excluding carboxylic acids is 2. The predicted molar refractivity (Wildman–Crippen MR) is 116 cm³/mol. The minimum absolute atomic E-state index is 0.0152. The van der Waals surface area contributed by atoms with E-state index in [0.717, 1.165) is 33.7 Å². The van der Waals surface area contributed by atoms with Crippen LogP contribution >= 0.6 is 0 Å². The highest BCUT2D eigenvalue weighted by atomic mass is 16.5. The average Bonchev–Trinajstić information content (AvgIpc) is 2.63. The summed E-state index contributed by atoms with van der Waals surface area (Å²) >= 11 is 0. The summed E-state index contributed by atoms with van der Waals surface area (Å²) < 4.78 is 5.40. The zero-order valence-electron chi connectivity index (χ0n) is 18.2. The fourth-order valence-electron chi connectivity index (χ4n) is 3.31. The lowest BCUT2D eigenvalue weighted by molar-refractivity contribution is -0.134. The Balaban J connectivity index is 1.86. The Hall–Kier alpha value is -2.86. The molecule has 2 rings (SSSR count). The van der Waals surface area contributed by atoms with Gasteiger partial charge in [-0.25, -0.2) is 0 Å². The molecule has 0 spiro atoms. The third-order valence-corrected chi connectivity index (χ3v) is 4.72. The Morgan fingerprint density at radius 1 is 0.966 bits per heavy atom. The Morgan fingerprint density at radius 2 is 1.55 bits per heavy atom. The van der Waals surface area contributed by atoms with Crippen LogP contribution in [0.5, 0.6) is 5.75 Å². The lowest BCUT2D eigenvalue weighted by Crippen LogP contribution is -2.40. The van der Waals surface area contributed by atoms with Crippen molar-refractivity contribution in [2.75, 3.05) is 39.6 Å². The number of nitrogens with zero attached hydrogens (tertiary/aromatic N) is 2. The summed E-state index contributed by atoms with van der Waals surface area (Å²) in [5.41, 5.74) is 5.12. The molecule has 0 fully saturated rings. The van der Waals surface area contributed by atoms with Crippen molar-refractivity contribution in [1.29, 1.82) is 0 Å². The first-order valence-electron chi connectivity index (χ1n) is 9.62. The van der Waals surface area contributed by atoms with Crippen LogP contribution in [0, 0.1) is 20.8 Å². The maximum Gasteiger partial charge on any atom is 0.243 e. The van der Waals surface area contributed by atoms with Gasteiger partial charge in [0.05, 0.1) is 20.2 Å². The van der Waals surface area contributed by atoms with Gasteiger partial charge in [0.15, 0.2) is 0 Å². The number of likely N-dealkylation sites (N-methyl/N-ethyl adjacent to an activating group) is 2. The molecule has 2 amide bonds. The molecule has 0 aliphatic carbocycles. The minimum atomic E-state index is -0.214. The van der Waals surface area contributed by atoms with Crippen LogP contribution in [0.4, 0.5) is 5.69 Å². The normalized spacial score (nSPS) is 10.7. The number of hydrogen-bond donors (Lipinski definition) is 1. The molecule has 0 aromatic heterocycles. The third-order valence-electron chi connectivity index (χ3n) is 4.72. The molecule has 0 heterocycles. The van der Waals surface area contributed by atoms with Gasteiger partial charge in [-0.05, 0) is 56.6 Å². The van der Waals surface area contributed by atoms with E-state index in [9.17, 15) is 9.59 Å². The van der Waals surface area contributed by atoms with Crippen LogP contribution in [0.25, 0.3) is 0 Å². The number of anilines is 1. The summed E-state index contributed by atoms with van der Waals surface area (Å²) in [7, 11) is 5.21. The van der Waals surface area contributed by atoms with E-state index < -0.39 is 0 Å². The van der Waals surface area contributed by atoms with Crippen molar-refractivity contribution in [3.63, 3.8) is 0 Å². The number of carbonyl (C=O) groups is 2. The summed E-state index contributed by atoms with van der Waals surface area (Å²) in [6.45, 7) is 6.91. The van der Waals surface area contributed by atoms with Gasteiger partial charge in [0.1, 0.15) is 5.75 Å². The molecule has 156 valence electrons. The van der Waals surface area contributed by atoms with Crippen molar-refractivity contribution >= 4 is 17.5 Å². The van der Waals surface area contributed by atoms with Gasteiger partial charge < -0.3 is 15.0 Å². The first-order chi connectivity index (χ1) is 13.7. The molecule has 6 nitrogen and oxygen atoms in total. The number of nitrogens with one attached hydrogen (secondary N) is 1. The molecule has 0 aliphatic heterocycles. The highest BCUT2D eigenvalue weighted by Crippen LogP contribution is 2.24. The molecule has 0 saturated carbocycles. The van der Waals surface area contributed by atoms with E-state index in [4.69, 9.17) is 4.74 Å². The maximum absolute atomic E-state index is 12.5. The number of amides is 2. The monoisotopic (exact) mass is 397 g/mol. The van der Waals surface area contributed by atoms with Crippen LogP contribution in [-0.4, -0.2) is 55.9 Å². The molecule has 29 heavy (non-hydrogen) atoms. The molecule has 0 atom stereocenters. The standard InChI is InChI=1S/C23H31N3O3/c1-16-7-9-20(10-8-16)24-21(27)14-26(5)22(28)15-25(4)13-19-11-17(2)23(29-6)18(3)12-19/h7-12H,13-15H2,1-6H3,(H,24,27). The zero-order chi connectivity index (χ0) is 21.6. The summed E-state index contributed by atoms with van der Waals surface area (Å²) in [5, 5.41) is 2.81. The van der Waals surface area contributed by atoms with E-state index in [2.05, 4.69) is 17.4 Å². The third kappa shape index (κ3) is 6.61. The van der Waals surface area contributed by atoms with Crippen LogP contribution in [0.15, 0.2) is 36.4 Å². The van der Waals surface area contributed by atoms with Gasteiger partial charge in [0.25, 0.3) is 0 Å². The van der Waals surface area contributed by atoms with Gasteiger partial charge in [-0.1, -0.05) is 29.8 Å². The van der Waals surface area contributed by atoms with Crippen LogP contribution in [-0.2, 0) is 16.1 Å². The van der Waals surface area contributed by atoms with Crippen LogP contribution < -0.4 is 10.1 Å². The van der Waals surface area contributed by atoms with Gasteiger partial charge in [-0.15, -0.1) is 0 Å². The van der Waals surface area contributed by atoms with Gasteiger partial charge >= 0.3 is 0 Å². The molecule has 6 heteroatoms. The molecular formula is C23H31N3O3. The lowest BCUT2D eigenvalue weighted by atomic mass is 10.1. The topological polar surface area (TPSA) is 61.9 Å². The molecule has 0 bridgehead atoms. The number of hydrogen-bond acceptors (Lipinski definition) is 4. The molecule has 0 aliphatic rings. The molecule has 1 N–H and O–H groups in total. The second-order valence-electron chi connectivity index (χ2n) is 7.60. The first kappa shape index (κ1) is 22.4. The molecule has 2 aromatic carbocycles. The van der Waals surface area contributed by atoms with Gasteiger partial charge in [-0.3, -0.25) is 14.5 Å². The quantitative estimate of drug-likeness (QED) is 0.743. The van der Waals surface area contributed by atoms with E-state index in [0.29, 0.717) is 6.54 Å². The number of rotatable bonds is 8. The second kappa shape index (κ2) is 10.1. The Labute approximate surface area is 173 Å². The Bertz CT molecular complexity index is 839. The molecule has 0 saturated heterocycles. The van der Waals surface area contributed by atoms with Crippen LogP contribution in [0.3, 0.4) is 0 Å². The Morgan fingerprint density at radius 3 is 2.10 bits per heavy atom. The number of aryl methyl sites for hydroxylation is 3. The fourth-order valence-corrected chi connectivity index (χ4v) is 3.31. The van der Waals surface area contributed by atoms with E-state index in [1.165, 1.54) is 4.90 Å². The number of ether oxygens (including phenoxy) is 1.